The lowest BCUT2D eigenvalue weighted by Gasteiger charge is -2.15. The molecule has 0 spiro atoms. The Morgan fingerprint density at radius 2 is 1.70 bits per heavy atom. The Hall–Kier alpha value is -3.43. The van der Waals surface area contributed by atoms with Crippen molar-refractivity contribution in [1.82, 2.24) is 0 Å². The smallest absolute Gasteiger partial charge is 0.371 e. The minimum atomic E-state index is -1.13. The Kier molecular flexibility index (Phi) is 13.8. The Bertz CT molecular complexity index is 988. The number of benzene rings is 2. The quantitative estimate of drug-likeness (QED) is 0.120. The van der Waals surface area contributed by atoms with E-state index < -0.39 is 5.97 Å². The minimum absolute atomic E-state index is 0.124. The summed E-state index contributed by atoms with van der Waals surface area (Å²) < 4.78 is 38.6. The first kappa shape index (κ1) is 29.8. The van der Waals surface area contributed by atoms with Gasteiger partial charge in [0.05, 0.1) is 40.1 Å². The second-order valence-electron chi connectivity index (χ2n) is 7.89. The monoisotopic (exact) mass is 518 g/mol. The van der Waals surface area contributed by atoms with E-state index in [1.54, 1.807) is 39.3 Å². The topological polar surface area (TPSA) is 102 Å². The summed E-state index contributed by atoms with van der Waals surface area (Å²) in [7, 11) is 3.23. The summed E-state index contributed by atoms with van der Waals surface area (Å²) in [6, 6.07) is 10.9. The summed E-state index contributed by atoms with van der Waals surface area (Å²) in [5.74, 6) is 1.20. The fourth-order valence-corrected chi connectivity index (χ4v) is 3.25. The third-order valence-corrected chi connectivity index (χ3v) is 5.16. The molecule has 204 valence electrons. The zero-order valence-electron chi connectivity index (χ0n) is 22.1. The van der Waals surface area contributed by atoms with Gasteiger partial charge in [-0.05, 0) is 48.7 Å². The average molecular weight is 519 g/mol. The Labute approximate surface area is 218 Å². The fourth-order valence-electron chi connectivity index (χ4n) is 3.25. The number of unbranched alkanes of at least 4 members (excludes halogenated alkanes) is 1. The van der Waals surface area contributed by atoms with Crippen LogP contribution in [0.1, 0.15) is 37.8 Å². The lowest BCUT2D eigenvalue weighted by Crippen LogP contribution is -2.08. The zero-order chi connectivity index (χ0) is 26.9. The number of carboxylic acid groups (broad SMARTS) is 1. The van der Waals surface area contributed by atoms with Crippen LogP contribution in [0.4, 0.5) is 0 Å². The molecule has 9 heteroatoms. The Morgan fingerprint density at radius 1 is 0.892 bits per heavy atom. The van der Waals surface area contributed by atoms with Crippen molar-refractivity contribution in [3.8, 4) is 23.0 Å². The highest BCUT2D eigenvalue weighted by Gasteiger charge is 2.12. The van der Waals surface area contributed by atoms with Crippen molar-refractivity contribution in [3.05, 3.63) is 53.3 Å². The summed E-state index contributed by atoms with van der Waals surface area (Å²) in [4.78, 5) is 11.4. The van der Waals surface area contributed by atoms with E-state index in [1.165, 1.54) is 6.08 Å². The van der Waals surface area contributed by atoms with Gasteiger partial charge in [-0.1, -0.05) is 25.5 Å². The van der Waals surface area contributed by atoms with Crippen LogP contribution in [0.25, 0.3) is 6.08 Å². The lowest BCUT2D eigenvalue weighted by atomic mass is 10.1. The van der Waals surface area contributed by atoms with Gasteiger partial charge in [0.2, 0.25) is 5.76 Å². The highest BCUT2D eigenvalue weighted by atomic mass is 16.7. The number of hydrogen-bond donors (Lipinski definition) is 1. The van der Waals surface area contributed by atoms with Crippen molar-refractivity contribution >= 4 is 12.0 Å². The van der Waals surface area contributed by atoms with Gasteiger partial charge in [0.25, 0.3) is 0 Å². The van der Waals surface area contributed by atoms with Gasteiger partial charge in [-0.15, -0.1) is 0 Å². The van der Waals surface area contributed by atoms with Gasteiger partial charge in [0.15, 0.2) is 18.3 Å². The van der Waals surface area contributed by atoms with E-state index in [-0.39, 0.29) is 19.2 Å². The van der Waals surface area contributed by atoms with Gasteiger partial charge < -0.3 is 38.3 Å². The Balaban J connectivity index is 2.06. The number of methoxy groups -OCH3 is 2. The highest BCUT2D eigenvalue weighted by molar-refractivity contribution is 5.90. The second-order valence-corrected chi connectivity index (χ2v) is 7.89. The van der Waals surface area contributed by atoms with Crippen LogP contribution < -0.4 is 18.9 Å². The predicted molar refractivity (Wildman–Crippen MR) is 140 cm³/mol. The molecule has 0 aliphatic rings. The van der Waals surface area contributed by atoms with E-state index in [1.807, 2.05) is 18.2 Å². The first-order valence-corrected chi connectivity index (χ1v) is 12.4. The molecule has 0 bridgehead atoms. The molecule has 0 radical (unpaired) electrons. The molecule has 0 aliphatic carbocycles. The van der Waals surface area contributed by atoms with Crippen LogP contribution >= 0.6 is 0 Å². The SMILES string of the molecule is CCCCOc1cc(/C=C(\OCC)C(=O)O)ccc1OCCc1ccc(OCOCCOC)cc1OC. The maximum absolute atomic E-state index is 11.4. The molecule has 2 rings (SSSR count). The van der Waals surface area contributed by atoms with Gasteiger partial charge in [-0.2, -0.15) is 0 Å². The number of carboxylic acids is 1. The molecule has 0 fully saturated rings. The first-order chi connectivity index (χ1) is 18.0. The third kappa shape index (κ3) is 10.6. The van der Waals surface area contributed by atoms with Gasteiger partial charge >= 0.3 is 5.97 Å². The maximum atomic E-state index is 11.4. The van der Waals surface area contributed by atoms with E-state index in [0.29, 0.717) is 61.4 Å². The molecule has 2 aromatic carbocycles. The summed E-state index contributed by atoms with van der Waals surface area (Å²) in [5.41, 5.74) is 1.61. The number of hydrogen-bond acceptors (Lipinski definition) is 8. The van der Waals surface area contributed by atoms with Crippen molar-refractivity contribution in [3.63, 3.8) is 0 Å². The molecule has 2 aromatic rings. The summed E-state index contributed by atoms with van der Waals surface area (Å²) in [6.45, 7) is 6.08. The number of aliphatic carboxylic acids is 1. The van der Waals surface area contributed by atoms with E-state index in [0.717, 1.165) is 18.4 Å². The Morgan fingerprint density at radius 3 is 2.41 bits per heavy atom. The van der Waals surface area contributed by atoms with Crippen molar-refractivity contribution in [1.29, 1.82) is 0 Å². The highest BCUT2D eigenvalue weighted by Crippen LogP contribution is 2.31. The number of ether oxygens (including phenoxy) is 7. The summed E-state index contributed by atoms with van der Waals surface area (Å²) in [5, 5.41) is 9.34. The largest absolute Gasteiger partial charge is 0.496 e. The van der Waals surface area contributed by atoms with Gasteiger partial charge in [-0.3, -0.25) is 0 Å². The number of rotatable bonds is 19. The van der Waals surface area contributed by atoms with Gasteiger partial charge in [-0.25, -0.2) is 4.79 Å². The molecule has 0 saturated carbocycles. The normalized spacial score (nSPS) is 11.2. The van der Waals surface area contributed by atoms with Crippen molar-refractivity contribution in [2.24, 2.45) is 0 Å². The van der Waals surface area contributed by atoms with Crippen molar-refractivity contribution in [2.45, 2.75) is 33.1 Å². The van der Waals surface area contributed by atoms with Crippen LogP contribution in [0.5, 0.6) is 23.0 Å². The lowest BCUT2D eigenvalue weighted by molar-refractivity contribution is -0.136. The van der Waals surface area contributed by atoms with E-state index in [9.17, 15) is 9.90 Å². The molecule has 9 nitrogen and oxygen atoms in total. The molecule has 0 saturated heterocycles. The average Bonchev–Trinajstić information content (AvgIpc) is 2.90. The van der Waals surface area contributed by atoms with Gasteiger partial charge in [0.1, 0.15) is 11.5 Å². The maximum Gasteiger partial charge on any atom is 0.371 e. The van der Waals surface area contributed by atoms with Crippen LogP contribution in [0.3, 0.4) is 0 Å². The molecule has 0 unspecified atom stereocenters. The molecule has 1 N–H and O–H groups in total. The molecule has 37 heavy (non-hydrogen) atoms. The molecule has 0 aromatic heterocycles. The summed E-state index contributed by atoms with van der Waals surface area (Å²) in [6.07, 6.45) is 3.95. The van der Waals surface area contributed by atoms with E-state index in [2.05, 4.69) is 6.92 Å². The molecular formula is C28H38O9. The molecule has 0 aliphatic heterocycles. The zero-order valence-corrected chi connectivity index (χ0v) is 22.1. The minimum Gasteiger partial charge on any atom is -0.496 e. The van der Waals surface area contributed by atoms with Crippen molar-refractivity contribution in [2.75, 3.05) is 54.0 Å². The van der Waals surface area contributed by atoms with E-state index in [4.69, 9.17) is 33.2 Å². The predicted octanol–water partition coefficient (Wildman–Crippen LogP) is 4.96. The summed E-state index contributed by atoms with van der Waals surface area (Å²) >= 11 is 0. The van der Waals surface area contributed by atoms with Crippen LogP contribution in [0, 0.1) is 0 Å². The molecule has 0 atom stereocenters. The van der Waals surface area contributed by atoms with E-state index >= 15 is 0 Å². The molecular weight excluding hydrogens is 480 g/mol. The molecule has 0 amide bonds. The fraction of sp³-hybridized carbons (Fsp3) is 0.464. The van der Waals surface area contributed by atoms with Crippen LogP contribution in [-0.2, 0) is 25.4 Å². The van der Waals surface area contributed by atoms with Crippen molar-refractivity contribution < 1.29 is 43.1 Å². The number of carbonyl (C=O) groups is 1. The van der Waals surface area contributed by atoms with Crippen LogP contribution in [0.15, 0.2) is 42.2 Å². The second kappa shape index (κ2) is 17.1. The standard InChI is InChI=1S/C28H38O9/c1-5-7-13-35-26-17-21(18-27(28(29)30)34-6-2)8-11-24(26)36-14-12-22-9-10-23(19-25(22)32-4)37-20-33-16-15-31-3/h8-11,17-19H,5-7,12-16,20H2,1-4H3,(H,29,30)/b27-18-. The van der Waals surface area contributed by atoms with Gasteiger partial charge in [0, 0.05) is 19.6 Å². The van der Waals surface area contributed by atoms with Crippen LogP contribution in [0.2, 0.25) is 0 Å². The van der Waals surface area contributed by atoms with Crippen LogP contribution in [-0.4, -0.2) is 65.1 Å². The third-order valence-electron chi connectivity index (χ3n) is 5.16. The molecule has 0 heterocycles. The first-order valence-electron chi connectivity index (χ1n) is 12.4.